The Morgan fingerprint density at radius 3 is 2.33 bits per heavy atom. The standard InChI is InChI=1S/C26H21BrN2O6S/c1-16-3-5-17(6-4-16)14-28-25(30)24(36-26(28)31)12-19-11-22(34-2)23(13-21(19)27)35-15-18-7-9-20(10-8-18)29(32)33/h3-13H,14-15H2,1-2H3/b24-12+. The average molecular weight is 569 g/mol. The van der Waals surface area contributed by atoms with Crippen molar-refractivity contribution < 1.29 is 24.0 Å². The van der Waals surface area contributed by atoms with Crippen molar-refractivity contribution in [3.8, 4) is 11.5 Å². The number of benzene rings is 3. The lowest BCUT2D eigenvalue weighted by Gasteiger charge is -2.13. The summed E-state index contributed by atoms with van der Waals surface area (Å²) in [6, 6.07) is 17.2. The molecule has 0 bridgehead atoms. The van der Waals surface area contributed by atoms with Crippen LogP contribution in [0.5, 0.6) is 11.5 Å². The zero-order chi connectivity index (χ0) is 25.8. The molecule has 1 fully saturated rings. The number of nitro groups is 1. The first-order chi connectivity index (χ1) is 17.2. The van der Waals surface area contributed by atoms with Crippen molar-refractivity contribution in [2.75, 3.05) is 7.11 Å². The minimum atomic E-state index is -0.458. The lowest BCUT2D eigenvalue weighted by molar-refractivity contribution is -0.384. The van der Waals surface area contributed by atoms with Gasteiger partial charge in [0.15, 0.2) is 11.5 Å². The van der Waals surface area contributed by atoms with Gasteiger partial charge in [0.05, 0.1) is 23.5 Å². The van der Waals surface area contributed by atoms with E-state index in [9.17, 15) is 19.7 Å². The average Bonchev–Trinajstić information content (AvgIpc) is 3.12. The van der Waals surface area contributed by atoms with Gasteiger partial charge in [-0.05, 0) is 65.7 Å². The number of hydrogen-bond donors (Lipinski definition) is 0. The largest absolute Gasteiger partial charge is 0.493 e. The van der Waals surface area contributed by atoms with Gasteiger partial charge in [-0.25, -0.2) is 0 Å². The van der Waals surface area contributed by atoms with Gasteiger partial charge in [0.1, 0.15) is 6.61 Å². The van der Waals surface area contributed by atoms with E-state index in [2.05, 4.69) is 15.9 Å². The van der Waals surface area contributed by atoms with Crippen LogP contribution in [0, 0.1) is 17.0 Å². The lowest BCUT2D eigenvalue weighted by atomic mass is 10.1. The maximum Gasteiger partial charge on any atom is 0.293 e. The van der Waals surface area contributed by atoms with Crippen LogP contribution in [0.3, 0.4) is 0 Å². The third kappa shape index (κ3) is 5.77. The quantitative estimate of drug-likeness (QED) is 0.174. The predicted molar refractivity (Wildman–Crippen MR) is 141 cm³/mol. The van der Waals surface area contributed by atoms with Crippen LogP contribution >= 0.6 is 27.7 Å². The Bertz CT molecular complexity index is 1360. The van der Waals surface area contributed by atoms with E-state index in [-0.39, 0.29) is 30.0 Å². The van der Waals surface area contributed by atoms with Crippen LogP contribution in [0.2, 0.25) is 0 Å². The molecule has 3 aromatic rings. The van der Waals surface area contributed by atoms with Gasteiger partial charge in [0.2, 0.25) is 0 Å². The van der Waals surface area contributed by atoms with E-state index in [0.29, 0.717) is 26.4 Å². The minimum Gasteiger partial charge on any atom is -0.493 e. The molecular formula is C26H21BrN2O6S. The summed E-state index contributed by atoms with van der Waals surface area (Å²) < 4.78 is 12.0. The number of carbonyl (C=O) groups excluding carboxylic acids is 2. The van der Waals surface area contributed by atoms with Gasteiger partial charge in [0.25, 0.3) is 16.8 Å². The van der Waals surface area contributed by atoms with Gasteiger partial charge in [-0.1, -0.05) is 45.8 Å². The van der Waals surface area contributed by atoms with Crippen LogP contribution < -0.4 is 9.47 Å². The highest BCUT2D eigenvalue weighted by atomic mass is 79.9. The lowest BCUT2D eigenvalue weighted by Crippen LogP contribution is -2.27. The number of halogens is 1. The molecule has 0 aliphatic carbocycles. The number of aryl methyl sites for hydroxylation is 1. The number of non-ortho nitro benzene ring substituents is 1. The fourth-order valence-electron chi connectivity index (χ4n) is 3.46. The number of amides is 2. The summed E-state index contributed by atoms with van der Waals surface area (Å²) >= 11 is 4.40. The van der Waals surface area contributed by atoms with Crippen LogP contribution in [0.4, 0.5) is 10.5 Å². The topological polar surface area (TPSA) is 99.0 Å². The fourth-order valence-corrected chi connectivity index (χ4v) is 4.73. The number of carbonyl (C=O) groups is 2. The molecule has 0 atom stereocenters. The Balaban J connectivity index is 1.50. The summed E-state index contributed by atoms with van der Waals surface area (Å²) in [5.74, 6) is 0.535. The molecule has 0 aromatic heterocycles. The molecule has 1 aliphatic heterocycles. The summed E-state index contributed by atoms with van der Waals surface area (Å²) in [7, 11) is 1.50. The second kappa shape index (κ2) is 11.0. The highest BCUT2D eigenvalue weighted by molar-refractivity contribution is 9.10. The van der Waals surface area contributed by atoms with E-state index in [4.69, 9.17) is 9.47 Å². The fraction of sp³-hybridized carbons (Fsp3) is 0.154. The van der Waals surface area contributed by atoms with Gasteiger partial charge in [0, 0.05) is 16.6 Å². The van der Waals surface area contributed by atoms with Crippen molar-refractivity contribution in [1.82, 2.24) is 4.90 Å². The number of thioether (sulfide) groups is 1. The van der Waals surface area contributed by atoms with Crippen LogP contribution in [0.15, 0.2) is 70.0 Å². The number of nitro benzene ring substituents is 1. The third-order valence-electron chi connectivity index (χ3n) is 5.45. The maximum atomic E-state index is 13.0. The molecule has 3 aromatic carbocycles. The number of ether oxygens (including phenoxy) is 2. The van der Waals surface area contributed by atoms with Gasteiger partial charge >= 0.3 is 0 Å². The molecule has 0 radical (unpaired) electrons. The summed E-state index contributed by atoms with van der Waals surface area (Å²) in [5.41, 5.74) is 3.39. The summed E-state index contributed by atoms with van der Waals surface area (Å²) in [4.78, 5) is 37.4. The van der Waals surface area contributed by atoms with Crippen molar-refractivity contribution in [1.29, 1.82) is 0 Å². The smallest absolute Gasteiger partial charge is 0.293 e. The Kier molecular flexibility index (Phi) is 7.76. The van der Waals surface area contributed by atoms with Crippen molar-refractivity contribution in [2.24, 2.45) is 0 Å². The first kappa shape index (κ1) is 25.5. The Morgan fingerprint density at radius 1 is 1.03 bits per heavy atom. The van der Waals surface area contributed by atoms with E-state index in [1.54, 1.807) is 30.3 Å². The van der Waals surface area contributed by atoms with Gasteiger partial charge in [-0.2, -0.15) is 0 Å². The van der Waals surface area contributed by atoms with Crippen LogP contribution in [-0.4, -0.2) is 28.1 Å². The van der Waals surface area contributed by atoms with Gasteiger partial charge < -0.3 is 9.47 Å². The SMILES string of the molecule is COc1cc(/C=C2/SC(=O)N(Cc3ccc(C)cc3)C2=O)c(Br)cc1OCc1ccc([N+](=O)[O-])cc1. The molecule has 0 N–H and O–H groups in total. The Morgan fingerprint density at radius 2 is 1.69 bits per heavy atom. The second-order valence-electron chi connectivity index (χ2n) is 7.99. The van der Waals surface area contributed by atoms with Crippen molar-refractivity contribution >= 4 is 50.6 Å². The summed E-state index contributed by atoms with van der Waals surface area (Å²) in [6.07, 6.45) is 1.65. The first-order valence-corrected chi connectivity index (χ1v) is 12.4. The zero-order valence-electron chi connectivity index (χ0n) is 19.4. The number of imide groups is 1. The second-order valence-corrected chi connectivity index (χ2v) is 9.84. The molecule has 0 saturated carbocycles. The predicted octanol–water partition coefficient (Wildman–Crippen LogP) is 6.49. The highest BCUT2D eigenvalue weighted by Crippen LogP contribution is 2.38. The van der Waals surface area contributed by atoms with Crippen LogP contribution in [0.1, 0.15) is 22.3 Å². The van der Waals surface area contributed by atoms with E-state index in [1.807, 2.05) is 31.2 Å². The Hall–Kier alpha value is -3.63. The molecule has 0 spiro atoms. The van der Waals surface area contributed by atoms with E-state index in [1.165, 1.54) is 24.1 Å². The van der Waals surface area contributed by atoms with Crippen molar-refractivity contribution in [2.45, 2.75) is 20.1 Å². The monoisotopic (exact) mass is 568 g/mol. The zero-order valence-corrected chi connectivity index (χ0v) is 21.8. The van der Waals surface area contributed by atoms with E-state index >= 15 is 0 Å². The Labute approximate surface area is 220 Å². The molecule has 36 heavy (non-hydrogen) atoms. The third-order valence-corrected chi connectivity index (χ3v) is 7.04. The summed E-state index contributed by atoms with van der Waals surface area (Å²) in [6.45, 7) is 2.37. The minimum absolute atomic E-state index is 0.00621. The molecular weight excluding hydrogens is 548 g/mol. The first-order valence-electron chi connectivity index (χ1n) is 10.8. The number of rotatable bonds is 8. The molecule has 1 heterocycles. The van der Waals surface area contributed by atoms with Crippen molar-refractivity contribution in [3.63, 3.8) is 0 Å². The maximum absolute atomic E-state index is 13.0. The van der Waals surface area contributed by atoms with Crippen LogP contribution in [-0.2, 0) is 17.9 Å². The molecule has 8 nitrogen and oxygen atoms in total. The molecule has 1 aliphatic rings. The van der Waals surface area contributed by atoms with Gasteiger partial charge in [-0.15, -0.1) is 0 Å². The van der Waals surface area contributed by atoms with Crippen molar-refractivity contribution in [3.05, 3.63) is 102 Å². The summed E-state index contributed by atoms with van der Waals surface area (Å²) in [5, 5.41) is 10.5. The van der Waals surface area contributed by atoms with E-state index < -0.39 is 4.92 Å². The molecule has 1 saturated heterocycles. The molecule has 10 heteroatoms. The molecule has 0 unspecified atom stereocenters. The normalized spacial score (nSPS) is 14.4. The number of hydrogen-bond acceptors (Lipinski definition) is 7. The number of methoxy groups -OCH3 is 1. The molecule has 184 valence electrons. The highest BCUT2D eigenvalue weighted by Gasteiger charge is 2.35. The molecule has 2 amide bonds. The van der Waals surface area contributed by atoms with Gasteiger partial charge in [-0.3, -0.25) is 24.6 Å². The van der Waals surface area contributed by atoms with Crippen LogP contribution in [0.25, 0.3) is 6.08 Å². The molecule has 4 rings (SSSR count). The number of nitrogens with zero attached hydrogens (tertiary/aromatic N) is 2. The van der Waals surface area contributed by atoms with E-state index in [0.717, 1.165) is 28.5 Å².